The summed E-state index contributed by atoms with van der Waals surface area (Å²) >= 11 is 6.30. The van der Waals surface area contributed by atoms with Crippen LogP contribution >= 0.6 is 11.6 Å². The van der Waals surface area contributed by atoms with Crippen LogP contribution in [-0.4, -0.2) is 57.8 Å². The van der Waals surface area contributed by atoms with Crippen LogP contribution in [0.5, 0.6) is 11.5 Å². The van der Waals surface area contributed by atoms with E-state index in [9.17, 15) is 24.6 Å². The number of halogens is 1. The predicted molar refractivity (Wildman–Crippen MR) is 233 cm³/mol. The lowest BCUT2D eigenvalue weighted by Gasteiger charge is -2.47. The van der Waals surface area contributed by atoms with Crippen molar-refractivity contribution < 1.29 is 34.1 Å². The molecular formula is C49H58ClN3O7. The van der Waals surface area contributed by atoms with Gasteiger partial charge in [-0.1, -0.05) is 74.8 Å². The molecule has 0 saturated heterocycles. The molecule has 3 aliphatic rings. The van der Waals surface area contributed by atoms with Crippen LogP contribution in [0, 0.1) is 17.8 Å². The number of carbonyl (C=O) groups excluding carboxylic acids is 1. The molecule has 1 spiro atoms. The van der Waals surface area contributed by atoms with Gasteiger partial charge in [-0.2, -0.15) is 0 Å². The zero-order valence-corrected chi connectivity index (χ0v) is 35.7. The maximum Gasteiger partial charge on any atom is 0.329 e. The number of nitrogens with one attached hydrogen (secondary N) is 2. The van der Waals surface area contributed by atoms with Gasteiger partial charge >= 0.3 is 11.9 Å². The van der Waals surface area contributed by atoms with Crippen molar-refractivity contribution in [1.82, 2.24) is 10.3 Å². The fourth-order valence-corrected chi connectivity index (χ4v) is 10.2. The summed E-state index contributed by atoms with van der Waals surface area (Å²) in [7, 11) is 0. The summed E-state index contributed by atoms with van der Waals surface area (Å²) < 4.78 is 12.9. The molecule has 7 rings (SSSR count). The number of carbonyl (C=O) groups is 3. The molecule has 1 heterocycles. The number of nitrogens with zero attached hydrogens (tertiary/aromatic N) is 1. The van der Waals surface area contributed by atoms with E-state index in [0.717, 1.165) is 49.1 Å². The van der Waals surface area contributed by atoms with Gasteiger partial charge in [0.1, 0.15) is 23.1 Å². The highest BCUT2D eigenvalue weighted by atomic mass is 35.5. The van der Waals surface area contributed by atoms with Crippen LogP contribution in [-0.2, 0) is 39.1 Å². The minimum Gasteiger partial charge on any atom is -0.494 e. The molecule has 60 heavy (non-hydrogen) atoms. The van der Waals surface area contributed by atoms with Crippen molar-refractivity contribution in [2.24, 2.45) is 17.8 Å². The lowest BCUT2D eigenvalue weighted by atomic mass is 9.59. The standard InChI is InChI=1S/C49H58ClN3O7/c1-31(30-60-43-17-23-51-41-14-7-9-32(2)44(41)43)25-36-27-35-15-16-39(59-24-18-33(3)45(54)52-42(46(55)56)26-34-10-5-4-6-11-34)29-40(35)48(36)19-21-49(22-20-48,47(57)58)53-38-13-8-12-37(50)28-38/h4-6,8,10-13,15-17,23,28-29,31-33,36,42,53H,7,9,14,18-22,24-27,30H2,1-3H3,(H,52,54)(H,55,56)(H,57,58)/t31-,32-,33?,36?,42-,48?,49?/m1/s1. The van der Waals surface area contributed by atoms with E-state index in [0.29, 0.717) is 61.1 Å². The Morgan fingerprint density at radius 1 is 0.950 bits per heavy atom. The number of pyridine rings is 1. The Bertz CT molecular complexity index is 2150. The lowest BCUT2D eigenvalue weighted by molar-refractivity contribution is -0.144. The highest BCUT2D eigenvalue weighted by molar-refractivity contribution is 6.30. The molecule has 1 saturated carbocycles. The van der Waals surface area contributed by atoms with E-state index in [1.807, 2.05) is 60.8 Å². The Kier molecular flexibility index (Phi) is 13.4. The minimum absolute atomic E-state index is 0.199. The Balaban J connectivity index is 1.05. The van der Waals surface area contributed by atoms with Crippen LogP contribution in [0.4, 0.5) is 5.69 Å². The van der Waals surface area contributed by atoms with E-state index in [4.69, 9.17) is 21.1 Å². The van der Waals surface area contributed by atoms with Gasteiger partial charge < -0.3 is 30.3 Å². The molecule has 2 unspecified atom stereocenters. The second-order valence-electron chi connectivity index (χ2n) is 17.6. The number of aromatic nitrogens is 1. The molecule has 3 aliphatic carbocycles. The van der Waals surface area contributed by atoms with Crippen LogP contribution in [0.3, 0.4) is 0 Å². The van der Waals surface area contributed by atoms with E-state index in [1.54, 1.807) is 19.1 Å². The summed E-state index contributed by atoms with van der Waals surface area (Å²) in [5.41, 5.74) is 5.00. The Labute approximate surface area is 358 Å². The summed E-state index contributed by atoms with van der Waals surface area (Å²) in [4.78, 5) is 42.8. The van der Waals surface area contributed by atoms with Crippen molar-refractivity contribution in [2.45, 2.75) is 114 Å². The first kappa shape index (κ1) is 43.0. The van der Waals surface area contributed by atoms with Gasteiger partial charge in [0.15, 0.2) is 0 Å². The molecule has 1 aromatic heterocycles. The largest absolute Gasteiger partial charge is 0.494 e. The molecule has 3 aromatic carbocycles. The third-order valence-corrected chi connectivity index (χ3v) is 13.7. The number of hydrogen-bond donors (Lipinski definition) is 4. The third-order valence-electron chi connectivity index (χ3n) is 13.4. The first-order valence-electron chi connectivity index (χ1n) is 21.6. The van der Waals surface area contributed by atoms with E-state index in [-0.39, 0.29) is 36.2 Å². The predicted octanol–water partition coefficient (Wildman–Crippen LogP) is 9.42. The molecule has 4 aromatic rings. The first-order valence-corrected chi connectivity index (χ1v) is 21.9. The van der Waals surface area contributed by atoms with Crippen molar-refractivity contribution in [3.63, 3.8) is 0 Å². The number of fused-ring (bicyclic) bond motifs is 3. The van der Waals surface area contributed by atoms with Gasteiger partial charge in [-0.05, 0) is 140 Å². The number of carboxylic acid groups (broad SMARTS) is 2. The molecule has 0 radical (unpaired) electrons. The second-order valence-corrected chi connectivity index (χ2v) is 18.1. The fourth-order valence-electron chi connectivity index (χ4n) is 10.0. The topological polar surface area (TPSA) is 147 Å². The number of aliphatic carboxylic acids is 2. The van der Waals surface area contributed by atoms with Crippen LogP contribution < -0.4 is 20.1 Å². The van der Waals surface area contributed by atoms with Crippen molar-refractivity contribution in [1.29, 1.82) is 0 Å². The molecule has 0 bridgehead atoms. The van der Waals surface area contributed by atoms with Crippen LogP contribution in [0.15, 0.2) is 85.1 Å². The summed E-state index contributed by atoms with van der Waals surface area (Å²) in [5, 5.41) is 27.2. The normalized spacial score (nSPS) is 23.4. The van der Waals surface area contributed by atoms with E-state index < -0.39 is 29.4 Å². The van der Waals surface area contributed by atoms with Crippen molar-refractivity contribution >= 4 is 35.1 Å². The molecule has 1 amide bonds. The van der Waals surface area contributed by atoms with Gasteiger partial charge in [0.05, 0.1) is 13.2 Å². The number of amides is 1. The first-order chi connectivity index (χ1) is 28.9. The number of carboxylic acids is 2. The molecule has 0 aliphatic heterocycles. The monoisotopic (exact) mass is 835 g/mol. The molecule has 5 atom stereocenters. The zero-order chi connectivity index (χ0) is 42.4. The molecule has 1 fully saturated rings. The quantitative estimate of drug-likeness (QED) is 0.0817. The van der Waals surface area contributed by atoms with Gasteiger partial charge in [-0.25, -0.2) is 9.59 Å². The van der Waals surface area contributed by atoms with E-state index >= 15 is 0 Å². The Morgan fingerprint density at radius 3 is 2.47 bits per heavy atom. The van der Waals surface area contributed by atoms with E-state index in [2.05, 4.69) is 41.6 Å². The molecular weight excluding hydrogens is 778 g/mol. The van der Waals surface area contributed by atoms with Gasteiger partial charge in [0.2, 0.25) is 5.91 Å². The number of benzene rings is 3. The number of rotatable bonds is 17. The highest BCUT2D eigenvalue weighted by Crippen LogP contribution is 2.57. The maximum atomic E-state index is 13.1. The number of anilines is 1. The average molecular weight is 836 g/mol. The Morgan fingerprint density at radius 2 is 1.73 bits per heavy atom. The molecule has 10 nitrogen and oxygen atoms in total. The second kappa shape index (κ2) is 18.7. The Hall–Kier alpha value is -5.09. The number of hydrogen-bond acceptors (Lipinski definition) is 7. The maximum absolute atomic E-state index is 13.1. The van der Waals surface area contributed by atoms with Crippen LogP contribution in [0.25, 0.3) is 0 Å². The number of ether oxygens (including phenoxy) is 2. The van der Waals surface area contributed by atoms with Gasteiger partial charge in [0, 0.05) is 40.5 Å². The number of aryl methyl sites for hydroxylation is 1. The fraction of sp³-hybridized carbons (Fsp3) is 0.469. The van der Waals surface area contributed by atoms with Gasteiger partial charge in [0.25, 0.3) is 0 Å². The van der Waals surface area contributed by atoms with Gasteiger partial charge in [-0.15, -0.1) is 0 Å². The summed E-state index contributed by atoms with van der Waals surface area (Å²) in [6.07, 6.45) is 9.80. The van der Waals surface area contributed by atoms with Crippen molar-refractivity contribution in [2.75, 3.05) is 18.5 Å². The summed E-state index contributed by atoms with van der Waals surface area (Å²) in [5.74, 6) is -0.152. The van der Waals surface area contributed by atoms with Crippen LogP contribution in [0.1, 0.15) is 106 Å². The van der Waals surface area contributed by atoms with E-state index in [1.165, 1.54) is 16.7 Å². The van der Waals surface area contributed by atoms with Crippen LogP contribution in [0.2, 0.25) is 5.02 Å². The summed E-state index contributed by atoms with van der Waals surface area (Å²) in [6, 6.07) is 23.8. The molecule has 318 valence electrons. The SMILES string of the molecule is CC(CCOc1ccc2c(c1)C1(CCC(Nc3cccc(Cl)c3)(C(=O)O)CC1)C(C[C@@H](C)COc1ccnc3c1[C@H](C)CCC3)C2)C(=O)N[C@H](Cc1ccccc1)C(=O)O. The smallest absolute Gasteiger partial charge is 0.329 e. The zero-order valence-electron chi connectivity index (χ0n) is 34.9. The third kappa shape index (κ3) is 9.59. The van der Waals surface area contributed by atoms with Gasteiger partial charge in [-0.3, -0.25) is 9.78 Å². The van der Waals surface area contributed by atoms with Crippen molar-refractivity contribution in [3.05, 3.63) is 118 Å². The average Bonchev–Trinajstić information content (AvgIpc) is 3.51. The minimum atomic E-state index is -1.14. The summed E-state index contributed by atoms with van der Waals surface area (Å²) in [6.45, 7) is 7.16. The highest BCUT2D eigenvalue weighted by Gasteiger charge is 2.54. The molecule has 4 N–H and O–H groups in total. The lowest BCUT2D eigenvalue weighted by Crippen LogP contribution is -2.53. The van der Waals surface area contributed by atoms with Crippen molar-refractivity contribution in [3.8, 4) is 11.5 Å². The molecule has 11 heteroatoms.